The van der Waals surface area contributed by atoms with Crippen molar-refractivity contribution in [3.05, 3.63) is 12.0 Å². The Hall–Kier alpha value is -1.27. The molecule has 3 rings (SSSR count). The molecule has 2 atom stereocenters. The van der Waals surface area contributed by atoms with E-state index in [9.17, 15) is 4.79 Å². The number of likely N-dealkylation sites (tertiary alicyclic amines) is 1. The molecule has 2 fully saturated rings. The number of piperidine rings is 1. The average molecular weight is 338 g/mol. The summed E-state index contributed by atoms with van der Waals surface area (Å²) in [6.45, 7) is 10.4. The standard InChI is InChI=1S/C18H30N2O4/c1-18(2,3)24-17(21)20-8-10-22-15(13-20)12-19-7-6-16-14(11-19)5-4-9-23-16/h13-14,16H,4-12H2,1-3H3. The van der Waals surface area contributed by atoms with Crippen LogP contribution in [0.15, 0.2) is 12.0 Å². The second kappa shape index (κ2) is 7.31. The molecule has 6 nitrogen and oxygen atoms in total. The predicted molar refractivity (Wildman–Crippen MR) is 90.5 cm³/mol. The summed E-state index contributed by atoms with van der Waals surface area (Å²) in [6, 6.07) is 0. The Bertz CT molecular complexity index is 486. The van der Waals surface area contributed by atoms with Crippen molar-refractivity contribution >= 4 is 6.09 Å². The van der Waals surface area contributed by atoms with E-state index in [2.05, 4.69) is 4.90 Å². The summed E-state index contributed by atoms with van der Waals surface area (Å²) in [6.07, 6.45) is 5.46. The van der Waals surface area contributed by atoms with Crippen molar-refractivity contribution in [3.63, 3.8) is 0 Å². The van der Waals surface area contributed by atoms with E-state index in [4.69, 9.17) is 14.2 Å². The van der Waals surface area contributed by atoms with E-state index < -0.39 is 5.60 Å². The van der Waals surface area contributed by atoms with Crippen molar-refractivity contribution in [2.45, 2.75) is 51.7 Å². The van der Waals surface area contributed by atoms with Crippen molar-refractivity contribution < 1.29 is 19.0 Å². The molecular formula is C18H30N2O4. The quantitative estimate of drug-likeness (QED) is 0.775. The Balaban J connectivity index is 1.55. The van der Waals surface area contributed by atoms with E-state index in [0.29, 0.717) is 25.2 Å². The largest absolute Gasteiger partial charge is 0.493 e. The predicted octanol–water partition coefficient (Wildman–Crippen LogP) is 2.60. The molecule has 0 N–H and O–H groups in total. The van der Waals surface area contributed by atoms with Crippen molar-refractivity contribution in [2.75, 3.05) is 39.4 Å². The smallest absolute Gasteiger partial charge is 0.414 e. The number of hydrogen-bond acceptors (Lipinski definition) is 5. The fourth-order valence-electron chi connectivity index (χ4n) is 3.63. The number of nitrogens with zero attached hydrogens (tertiary/aromatic N) is 2. The summed E-state index contributed by atoms with van der Waals surface area (Å²) < 4.78 is 17.1. The molecule has 0 aromatic rings. The second-order valence-corrected chi connectivity index (χ2v) is 7.95. The third kappa shape index (κ3) is 4.63. The molecule has 0 bridgehead atoms. The third-order valence-electron chi connectivity index (χ3n) is 4.73. The molecule has 6 heteroatoms. The summed E-state index contributed by atoms with van der Waals surface area (Å²) >= 11 is 0. The molecule has 0 aromatic carbocycles. The molecule has 0 aliphatic carbocycles. The molecule has 0 radical (unpaired) electrons. The Morgan fingerprint density at radius 3 is 2.92 bits per heavy atom. The van der Waals surface area contributed by atoms with E-state index in [0.717, 1.165) is 38.4 Å². The molecule has 0 aromatic heterocycles. The van der Waals surface area contributed by atoms with Gasteiger partial charge in [-0.15, -0.1) is 0 Å². The van der Waals surface area contributed by atoms with Crippen LogP contribution in [0.4, 0.5) is 4.79 Å². The van der Waals surface area contributed by atoms with E-state index in [1.807, 2.05) is 20.8 Å². The molecule has 2 unspecified atom stereocenters. The normalized spacial score (nSPS) is 28.6. The summed E-state index contributed by atoms with van der Waals surface area (Å²) in [4.78, 5) is 16.3. The first-order valence-corrected chi connectivity index (χ1v) is 9.08. The second-order valence-electron chi connectivity index (χ2n) is 7.95. The SMILES string of the molecule is CC(C)(C)OC(=O)N1C=C(CN2CCC3OCCCC3C2)OCC1. The van der Waals surface area contributed by atoms with Crippen LogP contribution >= 0.6 is 0 Å². The summed E-state index contributed by atoms with van der Waals surface area (Å²) in [5, 5.41) is 0. The Morgan fingerprint density at radius 1 is 1.29 bits per heavy atom. The number of ether oxygens (including phenoxy) is 3. The fourth-order valence-corrected chi connectivity index (χ4v) is 3.63. The Labute approximate surface area is 144 Å². The highest BCUT2D eigenvalue weighted by molar-refractivity contribution is 5.69. The van der Waals surface area contributed by atoms with Gasteiger partial charge in [0.25, 0.3) is 0 Å². The van der Waals surface area contributed by atoms with E-state index in [1.165, 1.54) is 12.8 Å². The topological polar surface area (TPSA) is 51.2 Å². The molecule has 3 aliphatic heterocycles. The molecule has 3 heterocycles. The van der Waals surface area contributed by atoms with Crippen LogP contribution in [0.3, 0.4) is 0 Å². The van der Waals surface area contributed by atoms with Crippen LogP contribution in [-0.4, -0.2) is 67.0 Å². The monoisotopic (exact) mass is 338 g/mol. The number of hydrogen-bond donors (Lipinski definition) is 0. The maximum absolute atomic E-state index is 12.2. The number of fused-ring (bicyclic) bond motifs is 1. The highest BCUT2D eigenvalue weighted by Gasteiger charge is 2.33. The van der Waals surface area contributed by atoms with Crippen LogP contribution in [0.25, 0.3) is 0 Å². The van der Waals surface area contributed by atoms with Gasteiger partial charge >= 0.3 is 6.09 Å². The van der Waals surface area contributed by atoms with Crippen LogP contribution < -0.4 is 0 Å². The zero-order chi connectivity index (χ0) is 17.2. The van der Waals surface area contributed by atoms with Gasteiger partial charge in [-0.2, -0.15) is 0 Å². The lowest BCUT2D eigenvalue weighted by molar-refractivity contribution is -0.0668. The summed E-state index contributed by atoms with van der Waals surface area (Å²) in [7, 11) is 0. The first-order valence-electron chi connectivity index (χ1n) is 9.08. The van der Waals surface area contributed by atoms with E-state index in [-0.39, 0.29) is 6.09 Å². The minimum absolute atomic E-state index is 0.303. The van der Waals surface area contributed by atoms with Gasteiger partial charge in [0.15, 0.2) is 0 Å². The van der Waals surface area contributed by atoms with Gasteiger partial charge in [-0.25, -0.2) is 4.79 Å². The molecule has 3 aliphatic rings. The highest BCUT2D eigenvalue weighted by Crippen LogP contribution is 2.29. The molecule has 136 valence electrons. The van der Waals surface area contributed by atoms with Gasteiger partial charge in [0.2, 0.25) is 0 Å². The average Bonchev–Trinajstić information content (AvgIpc) is 2.53. The lowest BCUT2D eigenvalue weighted by Crippen LogP contribution is -2.47. The van der Waals surface area contributed by atoms with Crippen LogP contribution in [-0.2, 0) is 14.2 Å². The van der Waals surface area contributed by atoms with Crippen LogP contribution in [0.2, 0.25) is 0 Å². The molecular weight excluding hydrogens is 308 g/mol. The van der Waals surface area contributed by atoms with Gasteiger partial charge < -0.3 is 14.2 Å². The van der Waals surface area contributed by atoms with Gasteiger partial charge in [-0.3, -0.25) is 9.80 Å². The van der Waals surface area contributed by atoms with Gasteiger partial charge in [0.1, 0.15) is 18.0 Å². The van der Waals surface area contributed by atoms with E-state index in [1.54, 1.807) is 11.1 Å². The highest BCUT2D eigenvalue weighted by atomic mass is 16.6. The number of carbonyl (C=O) groups excluding carboxylic acids is 1. The number of rotatable bonds is 2. The molecule has 0 saturated carbocycles. The van der Waals surface area contributed by atoms with Crippen molar-refractivity contribution in [2.24, 2.45) is 5.92 Å². The zero-order valence-corrected chi connectivity index (χ0v) is 15.1. The molecule has 0 spiro atoms. The zero-order valence-electron chi connectivity index (χ0n) is 15.1. The van der Waals surface area contributed by atoms with Crippen LogP contribution in [0.5, 0.6) is 0 Å². The van der Waals surface area contributed by atoms with Crippen molar-refractivity contribution in [1.82, 2.24) is 9.80 Å². The van der Waals surface area contributed by atoms with E-state index >= 15 is 0 Å². The first-order chi connectivity index (χ1) is 11.4. The summed E-state index contributed by atoms with van der Waals surface area (Å²) in [5.74, 6) is 1.49. The molecule has 24 heavy (non-hydrogen) atoms. The molecule has 2 saturated heterocycles. The fraction of sp³-hybridized carbons (Fsp3) is 0.833. The van der Waals surface area contributed by atoms with Crippen LogP contribution in [0, 0.1) is 5.92 Å². The lowest BCUT2D eigenvalue weighted by atomic mass is 9.88. The van der Waals surface area contributed by atoms with Gasteiger partial charge in [-0.05, 0) is 46.0 Å². The lowest BCUT2D eigenvalue weighted by Gasteiger charge is -2.41. The maximum Gasteiger partial charge on any atom is 0.414 e. The summed E-state index contributed by atoms with van der Waals surface area (Å²) in [5.41, 5.74) is -0.480. The number of carbonyl (C=O) groups is 1. The Kier molecular flexibility index (Phi) is 5.35. The van der Waals surface area contributed by atoms with Crippen molar-refractivity contribution in [3.8, 4) is 0 Å². The minimum atomic E-state index is -0.480. The maximum atomic E-state index is 12.2. The van der Waals surface area contributed by atoms with Gasteiger partial charge in [0, 0.05) is 25.9 Å². The Morgan fingerprint density at radius 2 is 2.12 bits per heavy atom. The molecule has 1 amide bonds. The first kappa shape index (κ1) is 17.5. The van der Waals surface area contributed by atoms with Crippen molar-refractivity contribution in [1.29, 1.82) is 0 Å². The minimum Gasteiger partial charge on any atom is -0.493 e. The third-order valence-corrected chi connectivity index (χ3v) is 4.73. The van der Waals surface area contributed by atoms with Gasteiger partial charge in [-0.1, -0.05) is 0 Å². The number of amides is 1. The van der Waals surface area contributed by atoms with Crippen LogP contribution in [0.1, 0.15) is 40.0 Å². The van der Waals surface area contributed by atoms with Gasteiger partial charge in [0.05, 0.1) is 19.2 Å².